The zero-order valence-electron chi connectivity index (χ0n) is 17.7. The van der Waals surface area contributed by atoms with E-state index < -0.39 is 0 Å². The number of amides is 1. The summed E-state index contributed by atoms with van der Waals surface area (Å²) < 4.78 is 17.4. The van der Waals surface area contributed by atoms with Crippen molar-refractivity contribution < 1.29 is 18.4 Å². The van der Waals surface area contributed by atoms with Crippen LogP contribution >= 0.6 is 0 Å². The second-order valence-electron chi connectivity index (χ2n) is 8.19. The lowest BCUT2D eigenvalue weighted by atomic mass is 10.1. The SMILES string of the molecule is Cc1ccc(C(CNC(=O)c2nc(-c3ccccc3)oc2C2CC2)N2CCOCC2)o1. The van der Waals surface area contributed by atoms with Crippen LogP contribution in [0.25, 0.3) is 11.5 Å². The predicted octanol–water partition coefficient (Wildman–Crippen LogP) is 3.92. The van der Waals surface area contributed by atoms with E-state index in [9.17, 15) is 4.79 Å². The lowest BCUT2D eigenvalue weighted by Gasteiger charge is -2.33. The van der Waals surface area contributed by atoms with Gasteiger partial charge in [-0.25, -0.2) is 4.98 Å². The molecule has 0 radical (unpaired) electrons. The van der Waals surface area contributed by atoms with Crippen molar-refractivity contribution in [2.75, 3.05) is 32.8 Å². The molecule has 5 rings (SSSR count). The van der Waals surface area contributed by atoms with Crippen molar-refractivity contribution in [3.05, 3.63) is 65.4 Å². The lowest BCUT2D eigenvalue weighted by molar-refractivity contribution is 0.0116. The smallest absolute Gasteiger partial charge is 0.273 e. The molecule has 1 aliphatic heterocycles. The minimum atomic E-state index is -0.200. The molecule has 162 valence electrons. The number of morpholine rings is 1. The molecule has 2 fully saturated rings. The highest BCUT2D eigenvalue weighted by atomic mass is 16.5. The monoisotopic (exact) mass is 421 g/mol. The Labute approximate surface area is 181 Å². The van der Waals surface area contributed by atoms with Crippen molar-refractivity contribution in [1.29, 1.82) is 0 Å². The summed E-state index contributed by atoms with van der Waals surface area (Å²) in [6, 6.07) is 13.6. The fourth-order valence-electron chi connectivity index (χ4n) is 4.03. The summed E-state index contributed by atoms with van der Waals surface area (Å²) in [4.78, 5) is 20.0. The van der Waals surface area contributed by atoms with Crippen molar-refractivity contribution in [1.82, 2.24) is 15.2 Å². The molecule has 1 saturated carbocycles. The van der Waals surface area contributed by atoms with E-state index in [2.05, 4.69) is 15.2 Å². The third kappa shape index (κ3) is 4.43. The number of ether oxygens (including phenoxy) is 1. The molecule has 1 aliphatic carbocycles. The largest absolute Gasteiger partial charge is 0.465 e. The molecule has 7 nitrogen and oxygen atoms in total. The Hall–Kier alpha value is -2.90. The summed E-state index contributed by atoms with van der Waals surface area (Å²) in [5.74, 6) is 3.00. The van der Waals surface area contributed by atoms with Crippen LogP contribution in [0.3, 0.4) is 0 Å². The van der Waals surface area contributed by atoms with Crippen molar-refractivity contribution in [2.24, 2.45) is 0 Å². The molecule has 0 bridgehead atoms. The fraction of sp³-hybridized carbons (Fsp3) is 0.417. The van der Waals surface area contributed by atoms with Gasteiger partial charge in [-0.3, -0.25) is 9.69 Å². The maximum atomic E-state index is 13.2. The van der Waals surface area contributed by atoms with Crippen LogP contribution in [0.15, 0.2) is 51.3 Å². The van der Waals surface area contributed by atoms with E-state index in [-0.39, 0.29) is 17.9 Å². The molecular formula is C24H27N3O4. The van der Waals surface area contributed by atoms with Crippen LogP contribution in [0.4, 0.5) is 0 Å². The van der Waals surface area contributed by atoms with Crippen molar-refractivity contribution in [3.63, 3.8) is 0 Å². The number of hydrogen-bond donors (Lipinski definition) is 1. The van der Waals surface area contributed by atoms with Gasteiger partial charge in [-0.2, -0.15) is 0 Å². The maximum absolute atomic E-state index is 13.2. The average molecular weight is 421 g/mol. The van der Waals surface area contributed by atoms with Gasteiger partial charge in [0.2, 0.25) is 5.89 Å². The van der Waals surface area contributed by atoms with Gasteiger partial charge in [-0.1, -0.05) is 18.2 Å². The Kier molecular flexibility index (Phi) is 5.61. The fourth-order valence-corrected chi connectivity index (χ4v) is 4.03. The molecule has 1 saturated heterocycles. The standard InChI is InChI=1S/C24H27N3O4/c1-16-7-10-20(30-16)19(27-11-13-29-14-12-27)15-25-23(28)21-22(17-8-9-17)31-24(26-21)18-5-3-2-4-6-18/h2-7,10,17,19H,8-9,11-15H2,1H3,(H,25,28). The third-order valence-electron chi connectivity index (χ3n) is 5.87. The zero-order valence-corrected chi connectivity index (χ0v) is 17.7. The molecule has 1 atom stereocenters. The molecule has 31 heavy (non-hydrogen) atoms. The first-order valence-corrected chi connectivity index (χ1v) is 10.9. The molecular weight excluding hydrogens is 394 g/mol. The first-order chi connectivity index (χ1) is 15.2. The third-order valence-corrected chi connectivity index (χ3v) is 5.87. The van der Waals surface area contributed by atoms with Gasteiger partial charge in [-0.05, 0) is 44.0 Å². The molecule has 1 amide bonds. The summed E-state index contributed by atoms with van der Waals surface area (Å²) in [6.07, 6.45) is 2.07. The Balaban J connectivity index is 1.35. The number of carbonyl (C=O) groups excluding carboxylic acids is 1. The van der Waals surface area contributed by atoms with Crippen LogP contribution in [0.1, 0.15) is 52.6 Å². The number of benzene rings is 1. The van der Waals surface area contributed by atoms with Gasteiger partial charge in [0, 0.05) is 31.1 Å². The quantitative estimate of drug-likeness (QED) is 0.623. The molecule has 1 unspecified atom stereocenters. The topological polar surface area (TPSA) is 80.7 Å². The van der Waals surface area contributed by atoms with Gasteiger partial charge >= 0.3 is 0 Å². The van der Waals surface area contributed by atoms with Crippen LogP contribution in [0, 0.1) is 6.92 Å². The maximum Gasteiger partial charge on any atom is 0.273 e. The van der Waals surface area contributed by atoms with Gasteiger partial charge in [0.05, 0.1) is 19.3 Å². The molecule has 7 heteroatoms. The minimum absolute atomic E-state index is 0.0496. The number of aryl methyl sites for hydroxylation is 1. The number of hydrogen-bond acceptors (Lipinski definition) is 6. The normalized spacial score (nSPS) is 18.1. The Bertz CT molecular complexity index is 1030. The molecule has 2 aromatic heterocycles. The summed E-state index contributed by atoms with van der Waals surface area (Å²) in [6.45, 7) is 5.33. The Morgan fingerprint density at radius 3 is 2.58 bits per heavy atom. The second kappa shape index (κ2) is 8.69. The van der Waals surface area contributed by atoms with Gasteiger partial charge < -0.3 is 18.9 Å². The first-order valence-electron chi connectivity index (χ1n) is 10.9. The predicted molar refractivity (Wildman–Crippen MR) is 115 cm³/mol. The Morgan fingerprint density at radius 2 is 1.90 bits per heavy atom. The Morgan fingerprint density at radius 1 is 1.13 bits per heavy atom. The van der Waals surface area contributed by atoms with Gasteiger partial charge in [0.25, 0.3) is 5.91 Å². The van der Waals surface area contributed by atoms with Crippen molar-refractivity contribution >= 4 is 5.91 Å². The number of aromatic nitrogens is 1. The van der Waals surface area contributed by atoms with Crippen LogP contribution in [0.5, 0.6) is 0 Å². The van der Waals surface area contributed by atoms with E-state index in [4.69, 9.17) is 13.6 Å². The van der Waals surface area contributed by atoms with Crippen LogP contribution in [-0.2, 0) is 4.74 Å². The number of nitrogens with zero attached hydrogens (tertiary/aromatic N) is 2. The molecule has 1 N–H and O–H groups in total. The summed E-state index contributed by atoms with van der Waals surface area (Å²) >= 11 is 0. The van der Waals surface area contributed by atoms with Crippen LogP contribution < -0.4 is 5.32 Å². The van der Waals surface area contributed by atoms with Gasteiger partial charge in [0.15, 0.2) is 5.69 Å². The summed E-state index contributed by atoms with van der Waals surface area (Å²) in [5.41, 5.74) is 1.28. The number of rotatable bonds is 7. The molecule has 2 aliphatic rings. The number of oxazole rings is 1. The van der Waals surface area contributed by atoms with E-state index in [0.29, 0.717) is 37.1 Å². The van der Waals surface area contributed by atoms with E-state index in [1.54, 1.807) is 0 Å². The minimum Gasteiger partial charge on any atom is -0.465 e. The van der Waals surface area contributed by atoms with Crippen molar-refractivity contribution in [2.45, 2.75) is 31.7 Å². The zero-order chi connectivity index (χ0) is 21.2. The highest BCUT2D eigenvalue weighted by Crippen LogP contribution is 2.43. The van der Waals surface area contributed by atoms with Gasteiger partial charge in [0.1, 0.15) is 17.3 Å². The molecule has 1 aromatic carbocycles. The highest BCUT2D eigenvalue weighted by molar-refractivity contribution is 5.94. The summed E-state index contributed by atoms with van der Waals surface area (Å²) in [7, 11) is 0. The van der Waals surface area contributed by atoms with Crippen LogP contribution in [0.2, 0.25) is 0 Å². The van der Waals surface area contributed by atoms with Crippen molar-refractivity contribution in [3.8, 4) is 11.5 Å². The number of carbonyl (C=O) groups is 1. The van der Waals surface area contributed by atoms with E-state index in [1.165, 1.54) is 0 Å². The summed E-state index contributed by atoms with van der Waals surface area (Å²) in [5, 5.41) is 3.09. The average Bonchev–Trinajstić information content (AvgIpc) is 3.41. The van der Waals surface area contributed by atoms with E-state index >= 15 is 0 Å². The van der Waals surface area contributed by atoms with E-state index in [0.717, 1.165) is 43.0 Å². The first kappa shape index (κ1) is 20.0. The molecule has 3 aromatic rings. The number of furan rings is 1. The van der Waals surface area contributed by atoms with Crippen LogP contribution in [-0.4, -0.2) is 48.6 Å². The van der Waals surface area contributed by atoms with E-state index in [1.807, 2.05) is 49.4 Å². The molecule has 3 heterocycles. The highest BCUT2D eigenvalue weighted by Gasteiger charge is 2.34. The van der Waals surface area contributed by atoms with Gasteiger partial charge in [-0.15, -0.1) is 0 Å². The lowest BCUT2D eigenvalue weighted by Crippen LogP contribution is -2.43. The molecule has 0 spiro atoms. The number of nitrogens with one attached hydrogen (secondary N) is 1. The second-order valence-corrected chi connectivity index (χ2v) is 8.19.